The zero-order valence-corrected chi connectivity index (χ0v) is 17.8. The van der Waals surface area contributed by atoms with Crippen molar-refractivity contribution >= 4 is 15.8 Å². The Balaban J connectivity index is 2.05. The molecule has 0 fully saturated rings. The number of hydrogen-bond acceptors (Lipinski definition) is 6. The number of sulfonamides is 1. The third-order valence-electron chi connectivity index (χ3n) is 4.58. The summed E-state index contributed by atoms with van der Waals surface area (Å²) in [5, 5.41) is 13.0. The quantitative estimate of drug-likeness (QED) is 0.514. The molecule has 2 atom stereocenters. The Morgan fingerprint density at radius 2 is 1.97 bits per heavy atom. The predicted molar refractivity (Wildman–Crippen MR) is 105 cm³/mol. The van der Waals surface area contributed by atoms with E-state index in [4.69, 9.17) is 0 Å². The van der Waals surface area contributed by atoms with Gasteiger partial charge in [0, 0.05) is 44.6 Å². The van der Waals surface area contributed by atoms with Crippen LogP contribution in [0.2, 0.25) is 0 Å². The van der Waals surface area contributed by atoms with E-state index in [0.717, 1.165) is 17.2 Å². The number of hydrogen-bond donors (Lipinski definition) is 3. The summed E-state index contributed by atoms with van der Waals surface area (Å²) in [6.45, 7) is 3.43. The van der Waals surface area contributed by atoms with Gasteiger partial charge in [-0.3, -0.25) is 0 Å². The largest absolute Gasteiger partial charge is 0.424 e. The van der Waals surface area contributed by atoms with Gasteiger partial charge in [0.1, 0.15) is 16.5 Å². The first-order valence-corrected chi connectivity index (χ1v) is 10.9. The van der Waals surface area contributed by atoms with E-state index >= 15 is 0 Å². The molecule has 3 N–H and O–H groups in total. The molecule has 0 amide bonds. The lowest BCUT2D eigenvalue weighted by Gasteiger charge is -2.30. The van der Waals surface area contributed by atoms with E-state index in [2.05, 4.69) is 20.0 Å². The fourth-order valence-electron chi connectivity index (χ4n) is 2.98. The summed E-state index contributed by atoms with van der Waals surface area (Å²) in [5.41, 5.74) is -3.14. The molecule has 0 aliphatic rings. The van der Waals surface area contributed by atoms with Crippen LogP contribution >= 0.6 is 0 Å². The van der Waals surface area contributed by atoms with Crippen LogP contribution in [0.15, 0.2) is 35.6 Å². The number of aromatic nitrogens is 3. The van der Waals surface area contributed by atoms with Crippen molar-refractivity contribution in [2.75, 3.05) is 11.9 Å². The Hall–Kier alpha value is -2.18. The van der Waals surface area contributed by atoms with Crippen LogP contribution in [0.5, 0.6) is 0 Å². The number of aliphatic hydroxyl groups is 1. The first-order chi connectivity index (χ1) is 13.9. The van der Waals surface area contributed by atoms with Crippen molar-refractivity contribution in [2.24, 2.45) is 7.05 Å². The highest BCUT2D eigenvalue weighted by Gasteiger charge is 2.57. The van der Waals surface area contributed by atoms with Gasteiger partial charge in [0.2, 0.25) is 15.6 Å². The van der Waals surface area contributed by atoms with Crippen molar-refractivity contribution in [1.29, 1.82) is 0 Å². The average molecular weight is 449 g/mol. The van der Waals surface area contributed by atoms with E-state index in [-0.39, 0.29) is 23.3 Å². The predicted octanol–water partition coefficient (Wildman–Crippen LogP) is 2.53. The van der Waals surface area contributed by atoms with Gasteiger partial charge in [-0.2, -0.15) is 13.2 Å². The highest BCUT2D eigenvalue weighted by Crippen LogP contribution is 2.40. The Labute approximate surface area is 173 Å². The second kappa shape index (κ2) is 9.31. The lowest BCUT2D eigenvalue weighted by atomic mass is 9.97. The second-order valence-corrected chi connectivity index (χ2v) is 8.80. The zero-order chi connectivity index (χ0) is 22.6. The van der Waals surface area contributed by atoms with E-state index in [1.807, 2.05) is 6.92 Å². The van der Waals surface area contributed by atoms with Crippen LogP contribution in [-0.4, -0.2) is 46.8 Å². The molecule has 0 saturated carbocycles. The van der Waals surface area contributed by atoms with Gasteiger partial charge < -0.3 is 15.0 Å². The second-order valence-electron chi connectivity index (χ2n) is 7.09. The van der Waals surface area contributed by atoms with Crippen molar-refractivity contribution in [1.82, 2.24) is 19.3 Å². The van der Waals surface area contributed by atoms with E-state index in [1.165, 1.54) is 31.6 Å². The third-order valence-corrected chi connectivity index (χ3v) is 6.15. The first kappa shape index (κ1) is 24.1. The molecule has 0 aliphatic carbocycles. The highest BCUT2D eigenvalue weighted by atomic mass is 32.2. The van der Waals surface area contributed by atoms with Gasteiger partial charge >= 0.3 is 6.18 Å². The number of nitrogens with zero attached hydrogens (tertiary/aromatic N) is 3. The van der Waals surface area contributed by atoms with E-state index < -0.39 is 34.0 Å². The SMILES string of the molecule is CCCC(C)NS(=O)(=O)c1ccc(NCCC(O)(c2nccn2C)C(F)(F)F)nc1. The van der Waals surface area contributed by atoms with Gasteiger partial charge in [0.15, 0.2) is 0 Å². The van der Waals surface area contributed by atoms with Crippen LogP contribution in [0, 0.1) is 0 Å². The maximum atomic E-state index is 13.5. The number of rotatable bonds is 10. The van der Waals surface area contributed by atoms with Gasteiger partial charge in [-0.25, -0.2) is 23.1 Å². The van der Waals surface area contributed by atoms with Gasteiger partial charge in [0.05, 0.1) is 0 Å². The fourth-order valence-corrected chi connectivity index (χ4v) is 4.21. The average Bonchev–Trinajstić information content (AvgIpc) is 3.07. The molecule has 2 aromatic heterocycles. The van der Waals surface area contributed by atoms with Crippen molar-refractivity contribution in [3.63, 3.8) is 0 Å². The Bertz CT molecular complexity index is 931. The van der Waals surface area contributed by atoms with Crippen molar-refractivity contribution in [3.8, 4) is 0 Å². The van der Waals surface area contributed by atoms with Crippen LogP contribution < -0.4 is 10.0 Å². The van der Waals surface area contributed by atoms with Crippen LogP contribution in [0.1, 0.15) is 38.9 Å². The van der Waals surface area contributed by atoms with Crippen molar-refractivity contribution < 1.29 is 26.7 Å². The van der Waals surface area contributed by atoms with Gasteiger partial charge in [-0.05, 0) is 25.5 Å². The summed E-state index contributed by atoms with van der Waals surface area (Å²) >= 11 is 0. The molecule has 2 rings (SSSR count). The minimum Gasteiger partial charge on any atom is -0.374 e. The molecule has 2 aromatic rings. The molecule has 0 aliphatic heterocycles. The molecule has 0 radical (unpaired) electrons. The monoisotopic (exact) mass is 449 g/mol. The third kappa shape index (κ3) is 5.49. The maximum Gasteiger partial charge on any atom is 0.424 e. The Kier molecular flexibility index (Phi) is 7.48. The number of nitrogens with one attached hydrogen (secondary N) is 2. The number of anilines is 1. The summed E-state index contributed by atoms with van der Waals surface area (Å²) in [7, 11) is -2.37. The summed E-state index contributed by atoms with van der Waals surface area (Å²) in [4.78, 5) is 7.53. The van der Waals surface area contributed by atoms with Crippen LogP contribution in [0.25, 0.3) is 0 Å². The maximum absolute atomic E-state index is 13.5. The lowest BCUT2D eigenvalue weighted by molar-refractivity contribution is -0.271. The zero-order valence-electron chi connectivity index (χ0n) is 16.9. The highest BCUT2D eigenvalue weighted by molar-refractivity contribution is 7.89. The lowest BCUT2D eigenvalue weighted by Crippen LogP contribution is -2.45. The smallest absolute Gasteiger partial charge is 0.374 e. The molecular weight excluding hydrogens is 423 g/mol. The molecule has 2 unspecified atom stereocenters. The molecule has 8 nitrogen and oxygen atoms in total. The number of halogens is 3. The van der Waals surface area contributed by atoms with E-state index in [1.54, 1.807) is 6.92 Å². The van der Waals surface area contributed by atoms with Gasteiger partial charge in [-0.15, -0.1) is 0 Å². The van der Waals surface area contributed by atoms with Crippen LogP contribution in [-0.2, 0) is 22.7 Å². The van der Waals surface area contributed by atoms with Crippen molar-refractivity contribution in [2.45, 2.75) is 55.8 Å². The number of alkyl halides is 3. The normalized spacial score (nSPS) is 15.6. The molecule has 0 bridgehead atoms. The number of aryl methyl sites for hydroxylation is 1. The minimum atomic E-state index is -4.93. The van der Waals surface area contributed by atoms with Crippen LogP contribution in [0.3, 0.4) is 0 Å². The van der Waals surface area contributed by atoms with E-state index in [9.17, 15) is 26.7 Å². The summed E-state index contributed by atoms with van der Waals surface area (Å²) in [6, 6.07) is 2.43. The number of imidazole rings is 1. The van der Waals surface area contributed by atoms with Gasteiger partial charge in [-0.1, -0.05) is 13.3 Å². The molecule has 0 spiro atoms. The minimum absolute atomic E-state index is 0.0455. The number of pyridine rings is 1. The molecule has 2 heterocycles. The standard InChI is InChI=1S/C18H26F3N5O3S/c1-4-5-13(2)25-30(28,29)14-6-7-15(24-12-14)22-9-8-17(27,18(19,20)21)16-23-10-11-26(16)3/h6-7,10-13,25,27H,4-5,8-9H2,1-3H3,(H,22,24). The molecule has 12 heteroatoms. The summed E-state index contributed by atoms with van der Waals surface area (Å²) in [5.74, 6) is -0.335. The van der Waals surface area contributed by atoms with Crippen molar-refractivity contribution in [3.05, 3.63) is 36.5 Å². The van der Waals surface area contributed by atoms with Crippen LogP contribution in [0.4, 0.5) is 19.0 Å². The van der Waals surface area contributed by atoms with Gasteiger partial charge in [0.25, 0.3) is 0 Å². The molecule has 168 valence electrons. The first-order valence-electron chi connectivity index (χ1n) is 9.40. The fraction of sp³-hybridized carbons (Fsp3) is 0.556. The Morgan fingerprint density at radius 3 is 2.47 bits per heavy atom. The molecular formula is C18H26F3N5O3S. The molecule has 30 heavy (non-hydrogen) atoms. The summed E-state index contributed by atoms with van der Waals surface area (Å²) in [6.07, 6.45) is -0.514. The summed E-state index contributed by atoms with van der Waals surface area (Å²) < 4.78 is 68.8. The van der Waals surface area contributed by atoms with E-state index in [0.29, 0.717) is 6.42 Å². The topological polar surface area (TPSA) is 109 Å². The molecule has 0 aromatic carbocycles. The molecule has 0 saturated heterocycles. The Morgan fingerprint density at radius 1 is 1.27 bits per heavy atom.